The second kappa shape index (κ2) is 6.35. The first-order chi connectivity index (χ1) is 5.91. The van der Waals surface area contributed by atoms with Gasteiger partial charge in [0, 0.05) is 0 Å². The zero-order valence-corrected chi connectivity index (χ0v) is 15.2. The Labute approximate surface area is 102 Å². The van der Waals surface area contributed by atoms with Crippen LogP contribution in [0, 0.1) is 0 Å². The van der Waals surface area contributed by atoms with Crippen LogP contribution in [0.4, 0.5) is 24.6 Å². The van der Waals surface area contributed by atoms with Crippen molar-refractivity contribution in [2.45, 2.75) is 29.8 Å². The van der Waals surface area contributed by atoms with E-state index in [1.165, 1.54) is 0 Å². The van der Waals surface area contributed by atoms with E-state index in [1.54, 1.807) is 0 Å². The molecule has 0 nitrogen and oxygen atoms in total. The fourth-order valence-corrected chi connectivity index (χ4v) is 0. The molecule has 0 atom stereocenters. The fraction of sp³-hybridized carbons (Fsp3) is 1.00. The van der Waals surface area contributed by atoms with Gasteiger partial charge in [0.1, 0.15) is 0 Å². The monoisotopic (exact) mass is 492 g/mol. The van der Waals surface area contributed by atoms with Crippen LogP contribution in [0.1, 0.15) is 0 Å². The van der Waals surface area contributed by atoms with Crippen LogP contribution >= 0.6 is 0 Å². The molecule has 0 aromatic rings. The van der Waals surface area contributed by atoms with Gasteiger partial charge in [-0.15, -0.1) is 0 Å². The van der Waals surface area contributed by atoms with Crippen molar-refractivity contribution in [3.63, 3.8) is 0 Å². The molecule has 0 fully saturated rings. The Kier molecular flexibility index (Phi) is 9.16. The summed E-state index contributed by atoms with van der Waals surface area (Å²) in [6.45, 7) is 0. The summed E-state index contributed by atoms with van der Waals surface area (Å²) in [4.78, 5) is 14.0. The third-order valence-electron chi connectivity index (χ3n) is 0. The average Bonchev–Trinajstić information content (AvgIpc) is 1.44. The molecule has 0 aromatic carbocycles. The van der Waals surface area contributed by atoms with E-state index >= 15 is 0 Å². The van der Waals surface area contributed by atoms with Crippen molar-refractivity contribution in [2.75, 3.05) is 0 Å². The van der Waals surface area contributed by atoms with E-state index in [1.807, 2.05) is 0 Å². The Morgan fingerprint density at radius 3 is 0.533 bits per heavy atom. The van der Waals surface area contributed by atoms with Crippen LogP contribution in [0.15, 0.2) is 0 Å². The standard InChI is InChI=1S/2C3H9Te.F6Si/c2*1-4(2)3;1-7(2,3,4,5)6/h2*1-3H3;/q2*+1;-2. The van der Waals surface area contributed by atoms with Gasteiger partial charge in [-0.05, 0) is 0 Å². The third-order valence-corrected chi connectivity index (χ3v) is 0. The van der Waals surface area contributed by atoms with Crippen LogP contribution < -0.4 is 0 Å². The maximum atomic E-state index is 9.88. The van der Waals surface area contributed by atoms with Gasteiger partial charge in [0.2, 0.25) is 0 Å². The van der Waals surface area contributed by atoms with E-state index < -0.39 is 8.63 Å². The van der Waals surface area contributed by atoms with Crippen LogP contribution in [0.5, 0.6) is 0 Å². The van der Waals surface area contributed by atoms with Crippen LogP contribution in [0.3, 0.4) is 0 Å². The molecule has 100 valence electrons. The van der Waals surface area contributed by atoms with Gasteiger partial charge in [-0.25, -0.2) is 0 Å². The number of hydrogen-bond donors (Lipinski definition) is 0. The summed E-state index contributed by atoms with van der Waals surface area (Å²) in [7, 11) is -10.8. The molecule has 0 aliphatic heterocycles. The zero-order chi connectivity index (χ0) is 13.6. The van der Waals surface area contributed by atoms with Crippen molar-refractivity contribution in [1.82, 2.24) is 0 Å². The minimum atomic E-state index is -10.8. The second-order valence-corrected chi connectivity index (χ2v) is 19.6. The van der Waals surface area contributed by atoms with Gasteiger partial charge in [0.15, 0.2) is 0 Å². The van der Waals surface area contributed by atoms with E-state index in [-0.39, 0.29) is 39.1 Å². The van der Waals surface area contributed by atoms with Crippen molar-refractivity contribution in [1.29, 1.82) is 0 Å². The minimum absolute atomic E-state index is 0.357. The summed E-state index contributed by atoms with van der Waals surface area (Å²) in [6, 6.07) is 0. The number of rotatable bonds is 0. The van der Waals surface area contributed by atoms with Crippen molar-refractivity contribution >= 4 is 47.7 Å². The van der Waals surface area contributed by atoms with Gasteiger partial charge in [0.25, 0.3) is 0 Å². The van der Waals surface area contributed by atoms with E-state index in [0.717, 1.165) is 0 Å². The van der Waals surface area contributed by atoms with Crippen molar-refractivity contribution in [2.24, 2.45) is 0 Å². The maximum absolute atomic E-state index is 10.8. The molecule has 0 saturated carbocycles. The predicted molar refractivity (Wildman–Crippen MR) is 59.1 cm³/mol. The SMILES string of the molecule is C[Te+](C)C.C[Te+](C)C.F[Si-2](F)(F)(F)(F)F. The molecule has 0 heterocycles. The van der Waals surface area contributed by atoms with Crippen molar-refractivity contribution < 1.29 is 24.6 Å². The van der Waals surface area contributed by atoms with Gasteiger partial charge < -0.3 is 0 Å². The molecule has 0 amide bonds. The van der Waals surface area contributed by atoms with Crippen LogP contribution in [-0.2, 0) is 0 Å². The first-order valence-corrected chi connectivity index (χ1v) is 19.8. The molecule has 0 unspecified atom stereocenters. The summed E-state index contributed by atoms with van der Waals surface area (Å²) in [5.74, 6) is 0. The molecule has 0 N–H and O–H groups in total. The predicted octanol–water partition coefficient (Wildman–Crippen LogP) is 4.88. The Bertz CT molecular complexity index is 136. The summed E-state index contributed by atoms with van der Waals surface area (Å²) in [6.07, 6.45) is 0. The summed E-state index contributed by atoms with van der Waals surface area (Å²) >= 11 is -0.713. The van der Waals surface area contributed by atoms with Gasteiger partial charge >= 0.3 is 102 Å². The third kappa shape index (κ3) is 1450. The number of hydrogen-bond acceptors (Lipinski definition) is 0. The molecule has 0 aliphatic carbocycles. The molecular weight excluding hydrogens is 469 g/mol. The summed E-state index contributed by atoms with van der Waals surface area (Å²) in [5, 5.41) is 0. The molecule has 9 heteroatoms. The molecule has 0 radical (unpaired) electrons. The zero-order valence-electron chi connectivity index (χ0n) is 9.58. The summed E-state index contributed by atoms with van der Waals surface area (Å²) in [5.41, 5.74) is 0. The Morgan fingerprint density at radius 2 is 0.533 bits per heavy atom. The van der Waals surface area contributed by atoms with Gasteiger partial charge in [0.05, 0.1) is 0 Å². The van der Waals surface area contributed by atoms with Crippen LogP contribution in [0.2, 0.25) is 29.8 Å². The first kappa shape index (κ1) is 21.6. The van der Waals surface area contributed by atoms with Gasteiger partial charge in [-0.3, -0.25) is 0 Å². The second-order valence-electron chi connectivity index (χ2n) is 3.52. The fourth-order valence-electron chi connectivity index (χ4n) is 0. The molecular formula is C6H18F6SiTe2. The molecule has 0 rings (SSSR count). The van der Waals surface area contributed by atoms with E-state index in [0.29, 0.717) is 0 Å². The molecule has 15 heavy (non-hydrogen) atoms. The van der Waals surface area contributed by atoms with E-state index in [9.17, 15) is 24.6 Å². The van der Waals surface area contributed by atoms with Crippen molar-refractivity contribution in [3.05, 3.63) is 0 Å². The molecule has 0 aliphatic rings. The molecule has 0 aromatic heterocycles. The van der Waals surface area contributed by atoms with Gasteiger partial charge in [-0.1, -0.05) is 0 Å². The normalized spacial score (nSPS) is 15.6. The summed E-state index contributed by atoms with van der Waals surface area (Å²) < 4.78 is 59.3. The first-order valence-electron chi connectivity index (χ1n) is 3.58. The van der Waals surface area contributed by atoms with Gasteiger partial charge in [-0.2, -0.15) is 0 Å². The number of halogens is 6. The van der Waals surface area contributed by atoms with E-state index in [4.69, 9.17) is 0 Å². The quantitative estimate of drug-likeness (QED) is 0.260. The van der Waals surface area contributed by atoms with Crippen LogP contribution in [0.25, 0.3) is 0 Å². The van der Waals surface area contributed by atoms with Crippen LogP contribution in [-0.4, -0.2) is 47.7 Å². The average molecular weight is 487 g/mol. The Hall–Kier alpha value is 1.38. The topological polar surface area (TPSA) is 0 Å². The molecule has 0 saturated heterocycles. The Balaban J connectivity index is -0.000000155. The molecule has 0 spiro atoms. The van der Waals surface area contributed by atoms with Crippen molar-refractivity contribution in [3.8, 4) is 0 Å². The Morgan fingerprint density at radius 1 is 0.533 bits per heavy atom. The van der Waals surface area contributed by atoms with E-state index in [2.05, 4.69) is 29.8 Å². The molecule has 0 bridgehead atoms.